The maximum Gasteiger partial charge on any atom is 0.139 e. The zero-order valence-electron chi connectivity index (χ0n) is 10.7. The number of rotatable bonds is 2. The molecule has 3 heteroatoms. The van der Waals surface area contributed by atoms with E-state index < -0.39 is 0 Å². The lowest BCUT2D eigenvalue weighted by molar-refractivity contribution is 0.999. The predicted molar refractivity (Wildman–Crippen MR) is 81.7 cm³/mol. The van der Waals surface area contributed by atoms with Gasteiger partial charge in [-0.2, -0.15) is 0 Å². The molecule has 1 N–H and O–H groups in total. The van der Waals surface area contributed by atoms with Gasteiger partial charge in [-0.3, -0.25) is 0 Å². The second-order valence-corrected chi connectivity index (χ2v) is 4.93. The van der Waals surface area contributed by atoms with Gasteiger partial charge < -0.3 is 4.98 Å². The fraction of sp³-hybridized carbons (Fsp3) is 0.125. The summed E-state index contributed by atoms with van der Waals surface area (Å²) in [7, 11) is 0. The lowest BCUT2D eigenvalue weighted by atomic mass is 10.1. The van der Waals surface area contributed by atoms with Gasteiger partial charge in [-0.15, -0.1) is 0 Å². The van der Waals surface area contributed by atoms with Gasteiger partial charge in [0.05, 0.1) is 0 Å². The minimum atomic E-state index is 0.638. The number of aromatic nitrogens is 2. The van der Waals surface area contributed by atoms with Crippen molar-refractivity contribution >= 4 is 23.0 Å². The van der Waals surface area contributed by atoms with E-state index in [1.54, 1.807) is 0 Å². The smallest absolute Gasteiger partial charge is 0.139 e. The summed E-state index contributed by atoms with van der Waals surface area (Å²) < 4.78 is 0.638. The molecule has 0 amide bonds. The molecule has 0 bridgehead atoms. The summed E-state index contributed by atoms with van der Waals surface area (Å²) in [5.74, 6) is 0.843. The van der Waals surface area contributed by atoms with Crippen LogP contribution in [0.1, 0.15) is 12.6 Å². The SMILES string of the molecule is CCc1cc(=S)nc(-c2ccc3ccccc3c2)[nH]1. The molecular weight excluding hydrogens is 252 g/mol. The molecule has 1 aromatic heterocycles. The van der Waals surface area contributed by atoms with Crippen molar-refractivity contribution in [3.63, 3.8) is 0 Å². The number of hydrogen-bond donors (Lipinski definition) is 1. The van der Waals surface area contributed by atoms with Crippen LogP contribution in [0, 0.1) is 4.64 Å². The molecule has 3 rings (SSSR count). The Hall–Kier alpha value is -2.00. The van der Waals surface area contributed by atoms with E-state index in [4.69, 9.17) is 12.2 Å². The molecule has 2 nitrogen and oxygen atoms in total. The Bertz CT molecular complexity index is 790. The summed E-state index contributed by atoms with van der Waals surface area (Å²) in [6.07, 6.45) is 0.923. The van der Waals surface area contributed by atoms with Crippen LogP contribution in [0.4, 0.5) is 0 Å². The van der Waals surface area contributed by atoms with Gasteiger partial charge in [0.25, 0.3) is 0 Å². The number of benzene rings is 2. The van der Waals surface area contributed by atoms with E-state index in [1.807, 2.05) is 18.2 Å². The molecule has 19 heavy (non-hydrogen) atoms. The average Bonchev–Trinajstić information content (AvgIpc) is 2.46. The van der Waals surface area contributed by atoms with Crippen molar-refractivity contribution in [3.8, 4) is 11.4 Å². The monoisotopic (exact) mass is 266 g/mol. The predicted octanol–water partition coefficient (Wildman–Crippen LogP) is 4.52. The fourth-order valence-corrected chi connectivity index (χ4v) is 2.40. The van der Waals surface area contributed by atoms with E-state index in [2.05, 4.69) is 47.2 Å². The minimum Gasteiger partial charge on any atom is -0.343 e. The number of nitrogens with one attached hydrogen (secondary N) is 1. The largest absolute Gasteiger partial charge is 0.343 e. The van der Waals surface area contributed by atoms with Crippen LogP contribution in [0.2, 0.25) is 0 Å². The molecule has 0 radical (unpaired) electrons. The molecule has 0 unspecified atom stereocenters. The van der Waals surface area contributed by atoms with Crippen LogP contribution in [0.3, 0.4) is 0 Å². The Morgan fingerprint density at radius 2 is 1.84 bits per heavy atom. The van der Waals surface area contributed by atoms with E-state index in [0.717, 1.165) is 23.5 Å². The van der Waals surface area contributed by atoms with Gasteiger partial charge >= 0.3 is 0 Å². The number of H-pyrrole nitrogens is 1. The van der Waals surface area contributed by atoms with Crippen LogP contribution in [0.15, 0.2) is 48.5 Å². The number of aromatic amines is 1. The average molecular weight is 266 g/mol. The Kier molecular flexibility index (Phi) is 3.13. The van der Waals surface area contributed by atoms with Gasteiger partial charge in [0.1, 0.15) is 10.5 Å². The molecule has 2 aromatic carbocycles. The van der Waals surface area contributed by atoms with Gasteiger partial charge in [0.2, 0.25) is 0 Å². The molecule has 0 saturated heterocycles. The highest BCUT2D eigenvalue weighted by molar-refractivity contribution is 7.71. The molecule has 1 heterocycles. The number of hydrogen-bond acceptors (Lipinski definition) is 2. The third-order valence-electron chi connectivity index (χ3n) is 3.20. The van der Waals surface area contributed by atoms with Crippen molar-refractivity contribution < 1.29 is 0 Å². The van der Waals surface area contributed by atoms with Crippen molar-refractivity contribution in [1.29, 1.82) is 0 Å². The standard InChI is InChI=1S/C16H14N2S/c1-2-14-10-15(19)18-16(17-14)13-8-7-11-5-3-4-6-12(11)9-13/h3-10H,2H2,1H3,(H,17,18,19). The second-order valence-electron chi connectivity index (χ2n) is 4.51. The summed E-state index contributed by atoms with van der Waals surface area (Å²) in [4.78, 5) is 7.76. The summed E-state index contributed by atoms with van der Waals surface area (Å²) in [6.45, 7) is 2.10. The van der Waals surface area contributed by atoms with Crippen LogP contribution in [0.5, 0.6) is 0 Å². The van der Waals surface area contributed by atoms with E-state index in [9.17, 15) is 0 Å². The molecule has 0 saturated carbocycles. The maximum atomic E-state index is 5.22. The van der Waals surface area contributed by atoms with E-state index in [-0.39, 0.29) is 0 Å². The first-order valence-electron chi connectivity index (χ1n) is 6.35. The molecule has 94 valence electrons. The normalized spacial score (nSPS) is 10.8. The first kappa shape index (κ1) is 12.1. The van der Waals surface area contributed by atoms with Gasteiger partial charge in [-0.05, 0) is 29.3 Å². The van der Waals surface area contributed by atoms with Crippen LogP contribution < -0.4 is 0 Å². The Labute approximate surface area is 117 Å². The molecule has 0 fully saturated rings. The van der Waals surface area contributed by atoms with Gasteiger partial charge in [-0.25, -0.2) is 4.98 Å². The van der Waals surface area contributed by atoms with Gasteiger partial charge in [-0.1, -0.05) is 55.5 Å². The molecule has 0 atom stereocenters. The van der Waals surface area contributed by atoms with E-state index in [0.29, 0.717) is 4.64 Å². The van der Waals surface area contributed by atoms with Crippen molar-refractivity contribution in [2.45, 2.75) is 13.3 Å². The maximum absolute atomic E-state index is 5.22. The Balaban J connectivity index is 2.18. The molecule has 0 aliphatic heterocycles. The Morgan fingerprint density at radius 1 is 1.05 bits per heavy atom. The number of nitrogens with zero attached hydrogens (tertiary/aromatic N) is 1. The zero-order valence-corrected chi connectivity index (χ0v) is 11.5. The van der Waals surface area contributed by atoms with Gasteiger partial charge in [0, 0.05) is 11.3 Å². The summed E-state index contributed by atoms with van der Waals surface area (Å²) in [6, 6.07) is 16.6. The molecular formula is C16H14N2S. The van der Waals surface area contributed by atoms with Crippen molar-refractivity contribution in [2.24, 2.45) is 0 Å². The number of fused-ring (bicyclic) bond motifs is 1. The quantitative estimate of drug-likeness (QED) is 0.691. The third kappa shape index (κ3) is 2.42. The number of aryl methyl sites for hydroxylation is 1. The van der Waals surface area contributed by atoms with Crippen molar-refractivity contribution in [3.05, 3.63) is 58.9 Å². The zero-order chi connectivity index (χ0) is 13.2. The van der Waals surface area contributed by atoms with Crippen molar-refractivity contribution in [2.75, 3.05) is 0 Å². The van der Waals surface area contributed by atoms with Crippen LogP contribution in [-0.2, 0) is 6.42 Å². The highest BCUT2D eigenvalue weighted by Gasteiger charge is 2.03. The summed E-state index contributed by atoms with van der Waals surface area (Å²) in [5, 5.41) is 2.44. The molecule has 0 aliphatic rings. The molecule has 0 spiro atoms. The fourth-order valence-electron chi connectivity index (χ4n) is 2.17. The second kappa shape index (κ2) is 4.94. The molecule has 3 aromatic rings. The lowest BCUT2D eigenvalue weighted by Crippen LogP contribution is -1.94. The van der Waals surface area contributed by atoms with Crippen LogP contribution in [-0.4, -0.2) is 9.97 Å². The lowest BCUT2D eigenvalue weighted by Gasteiger charge is -2.06. The van der Waals surface area contributed by atoms with E-state index in [1.165, 1.54) is 10.8 Å². The summed E-state index contributed by atoms with van der Waals surface area (Å²) in [5.41, 5.74) is 2.18. The molecule has 0 aliphatic carbocycles. The van der Waals surface area contributed by atoms with Crippen LogP contribution in [0.25, 0.3) is 22.2 Å². The topological polar surface area (TPSA) is 28.7 Å². The van der Waals surface area contributed by atoms with E-state index >= 15 is 0 Å². The first-order chi connectivity index (χ1) is 9.26. The minimum absolute atomic E-state index is 0.638. The van der Waals surface area contributed by atoms with Crippen molar-refractivity contribution in [1.82, 2.24) is 9.97 Å². The van der Waals surface area contributed by atoms with Gasteiger partial charge in [0.15, 0.2) is 0 Å². The highest BCUT2D eigenvalue weighted by atomic mass is 32.1. The van der Waals surface area contributed by atoms with Crippen LogP contribution >= 0.6 is 12.2 Å². The highest BCUT2D eigenvalue weighted by Crippen LogP contribution is 2.22. The third-order valence-corrected chi connectivity index (χ3v) is 3.41. The first-order valence-corrected chi connectivity index (χ1v) is 6.76. The summed E-state index contributed by atoms with van der Waals surface area (Å²) >= 11 is 5.22. The Morgan fingerprint density at radius 3 is 2.63 bits per heavy atom.